The van der Waals surface area contributed by atoms with Crippen LogP contribution in [0.5, 0.6) is 0 Å². The average Bonchev–Trinajstić information content (AvgIpc) is 2.39. The predicted octanol–water partition coefficient (Wildman–Crippen LogP) is 2.65. The quantitative estimate of drug-likeness (QED) is 0.822. The van der Waals surface area contributed by atoms with Crippen LogP contribution in [0.2, 0.25) is 5.02 Å². The molecular weight excluding hydrogens is 276 g/mol. The highest BCUT2D eigenvalue weighted by Crippen LogP contribution is 2.23. The summed E-state index contributed by atoms with van der Waals surface area (Å²) in [5, 5.41) is 11.4. The summed E-state index contributed by atoms with van der Waals surface area (Å²) < 4.78 is 26.6. The molecule has 0 bridgehead atoms. The van der Waals surface area contributed by atoms with Gasteiger partial charge in [-0.15, -0.1) is 0 Å². The van der Waals surface area contributed by atoms with E-state index in [1.54, 1.807) is 0 Å². The Bertz CT molecular complexity index is 488. The van der Waals surface area contributed by atoms with E-state index in [1.165, 1.54) is 0 Å². The van der Waals surface area contributed by atoms with Gasteiger partial charge in [0, 0.05) is 6.04 Å². The summed E-state index contributed by atoms with van der Waals surface area (Å²) in [5.74, 6) is -2.55. The molecule has 0 aliphatic heterocycles. The van der Waals surface area contributed by atoms with E-state index in [1.807, 2.05) is 0 Å². The molecule has 0 unspecified atom stereocenters. The zero-order chi connectivity index (χ0) is 14.0. The van der Waals surface area contributed by atoms with Crippen LogP contribution in [0, 0.1) is 11.6 Å². The molecule has 0 atom stereocenters. The highest BCUT2D eigenvalue weighted by atomic mass is 35.5. The molecule has 3 nitrogen and oxygen atoms in total. The SMILES string of the molecule is O=C(NC1CCC(O)CC1)c1ccc(F)c(Cl)c1F. The third-order valence-corrected chi connectivity index (χ3v) is 3.66. The topological polar surface area (TPSA) is 49.3 Å². The van der Waals surface area contributed by atoms with Gasteiger partial charge < -0.3 is 10.4 Å². The molecule has 0 spiro atoms. The van der Waals surface area contributed by atoms with E-state index in [0.29, 0.717) is 25.7 Å². The number of aliphatic hydroxyl groups is 1. The second-order valence-corrected chi connectivity index (χ2v) is 5.08. The van der Waals surface area contributed by atoms with Crippen molar-refractivity contribution < 1.29 is 18.7 Å². The molecule has 1 fully saturated rings. The van der Waals surface area contributed by atoms with Gasteiger partial charge in [-0.1, -0.05) is 11.6 Å². The zero-order valence-corrected chi connectivity index (χ0v) is 10.9. The zero-order valence-electron chi connectivity index (χ0n) is 10.1. The fraction of sp³-hybridized carbons (Fsp3) is 0.462. The summed E-state index contributed by atoms with van der Waals surface area (Å²) in [6, 6.07) is 1.94. The maximum Gasteiger partial charge on any atom is 0.254 e. The van der Waals surface area contributed by atoms with E-state index in [4.69, 9.17) is 11.6 Å². The molecule has 0 radical (unpaired) electrons. The first-order chi connectivity index (χ1) is 8.99. The van der Waals surface area contributed by atoms with Gasteiger partial charge in [-0.3, -0.25) is 4.79 Å². The molecule has 2 N–H and O–H groups in total. The Balaban J connectivity index is 2.06. The standard InChI is InChI=1S/C13H14ClF2NO2/c14-11-10(15)6-5-9(12(11)16)13(19)17-7-1-3-8(18)4-2-7/h5-8,18H,1-4H2,(H,17,19). The van der Waals surface area contributed by atoms with Crippen LogP contribution in [0.15, 0.2) is 12.1 Å². The number of rotatable bonds is 2. The number of amides is 1. The second-order valence-electron chi connectivity index (χ2n) is 4.70. The second kappa shape index (κ2) is 5.84. The first-order valence-electron chi connectivity index (χ1n) is 6.11. The van der Waals surface area contributed by atoms with Gasteiger partial charge in [0.05, 0.1) is 11.7 Å². The number of hydrogen-bond acceptors (Lipinski definition) is 2. The molecule has 0 heterocycles. The molecule has 2 rings (SSSR count). The van der Waals surface area contributed by atoms with Crippen LogP contribution in [0.4, 0.5) is 8.78 Å². The number of halogens is 3. The van der Waals surface area contributed by atoms with Gasteiger partial charge in [-0.2, -0.15) is 0 Å². The largest absolute Gasteiger partial charge is 0.393 e. The lowest BCUT2D eigenvalue weighted by molar-refractivity contribution is 0.0864. The van der Waals surface area contributed by atoms with E-state index >= 15 is 0 Å². The minimum Gasteiger partial charge on any atom is -0.393 e. The molecule has 104 valence electrons. The molecule has 0 aromatic heterocycles. The van der Waals surface area contributed by atoms with Crippen molar-refractivity contribution in [1.82, 2.24) is 5.32 Å². The summed E-state index contributed by atoms with van der Waals surface area (Å²) in [6.07, 6.45) is 2.17. The number of benzene rings is 1. The fourth-order valence-corrected chi connectivity index (χ4v) is 2.35. The number of nitrogens with one attached hydrogen (secondary N) is 1. The van der Waals surface area contributed by atoms with Gasteiger partial charge in [0.15, 0.2) is 5.82 Å². The molecule has 1 aromatic carbocycles. The summed E-state index contributed by atoms with van der Waals surface area (Å²) in [4.78, 5) is 11.9. The Labute approximate surface area is 114 Å². The van der Waals surface area contributed by atoms with E-state index in [0.717, 1.165) is 12.1 Å². The molecule has 1 amide bonds. The minimum absolute atomic E-state index is 0.0980. The fourth-order valence-electron chi connectivity index (χ4n) is 2.18. The van der Waals surface area contributed by atoms with Crippen molar-refractivity contribution in [2.24, 2.45) is 0 Å². The molecule has 1 aliphatic rings. The molecule has 19 heavy (non-hydrogen) atoms. The summed E-state index contributed by atoms with van der Waals surface area (Å²) in [7, 11) is 0. The first-order valence-corrected chi connectivity index (χ1v) is 6.49. The first kappa shape index (κ1) is 14.2. The number of hydrogen-bond donors (Lipinski definition) is 2. The van der Waals surface area contributed by atoms with Gasteiger partial charge in [-0.25, -0.2) is 8.78 Å². The van der Waals surface area contributed by atoms with Crippen LogP contribution >= 0.6 is 11.6 Å². The van der Waals surface area contributed by atoms with Crippen LogP contribution in [-0.4, -0.2) is 23.2 Å². The van der Waals surface area contributed by atoms with Crippen LogP contribution in [-0.2, 0) is 0 Å². The smallest absolute Gasteiger partial charge is 0.254 e. The highest BCUT2D eigenvalue weighted by molar-refractivity contribution is 6.31. The number of aliphatic hydroxyl groups excluding tert-OH is 1. The van der Waals surface area contributed by atoms with Gasteiger partial charge in [0.2, 0.25) is 0 Å². The van der Waals surface area contributed by atoms with Crippen molar-refractivity contribution in [3.63, 3.8) is 0 Å². The third-order valence-electron chi connectivity index (χ3n) is 3.31. The summed E-state index contributed by atoms with van der Waals surface area (Å²) in [5.41, 5.74) is -0.266. The molecule has 0 saturated heterocycles. The van der Waals surface area contributed by atoms with Crippen molar-refractivity contribution in [1.29, 1.82) is 0 Å². The van der Waals surface area contributed by atoms with E-state index < -0.39 is 22.6 Å². The lowest BCUT2D eigenvalue weighted by atomic mass is 9.93. The lowest BCUT2D eigenvalue weighted by Gasteiger charge is -2.26. The van der Waals surface area contributed by atoms with Gasteiger partial charge in [-0.05, 0) is 37.8 Å². The summed E-state index contributed by atoms with van der Waals surface area (Å²) in [6.45, 7) is 0. The van der Waals surface area contributed by atoms with Crippen LogP contribution in [0.3, 0.4) is 0 Å². The Morgan fingerprint density at radius 3 is 2.53 bits per heavy atom. The van der Waals surface area contributed by atoms with E-state index in [2.05, 4.69) is 5.32 Å². The molecular formula is C13H14ClF2NO2. The van der Waals surface area contributed by atoms with Crippen molar-refractivity contribution in [3.05, 3.63) is 34.4 Å². The molecule has 1 saturated carbocycles. The molecule has 6 heteroatoms. The molecule has 1 aliphatic carbocycles. The number of carbonyl (C=O) groups is 1. The van der Waals surface area contributed by atoms with Gasteiger partial charge in [0.1, 0.15) is 10.8 Å². The highest BCUT2D eigenvalue weighted by Gasteiger charge is 2.23. The maximum absolute atomic E-state index is 13.7. The van der Waals surface area contributed by atoms with Crippen molar-refractivity contribution >= 4 is 17.5 Å². The Morgan fingerprint density at radius 1 is 1.26 bits per heavy atom. The van der Waals surface area contributed by atoms with Gasteiger partial charge in [0.25, 0.3) is 5.91 Å². The van der Waals surface area contributed by atoms with Crippen molar-refractivity contribution in [2.45, 2.75) is 37.8 Å². The predicted molar refractivity (Wildman–Crippen MR) is 67.1 cm³/mol. The Hall–Kier alpha value is -1.20. The van der Waals surface area contributed by atoms with E-state index in [9.17, 15) is 18.7 Å². The van der Waals surface area contributed by atoms with Crippen LogP contribution < -0.4 is 5.32 Å². The maximum atomic E-state index is 13.7. The van der Waals surface area contributed by atoms with Crippen LogP contribution in [0.25, 0.3) is 0 Å². The number of carbonyl (C=O) groups excluding carboxylic acids is 1. The van der Waals surface area contributed by atoms with Crippen molar-refractivity contribution in [2.75, 3.05) is 0 Å². The van der Waals surface area contributed by atoms with Crippen LogP contribution in [0.1, 0.15) is 36.0 Å². The third kappa shape index (κ3) is 3.22. The summed E-state index contributed by atoms with van der Waals surface area (Å²) >= 11 is 5.43. The Morgan fingerprint density at radius 2 is 1.89 bits per heavy atom. The monoisotopic (exact) mass is 289 g/mol. The lowest BCUT2D eigenvalue weighted by Crippen LogP contribution is -2.38. The Kier molecular flexibility index (Phi) is 4.37. The minimum atomic E-state index is -1.05. The average molecular weight is 290 g/mol. The molecule has 1 aromatic rings. The normalized spacial score (nSPS) is 23.2. The van der Waals surface area contributed by atoms with Gasteiger partial charge >= 0.3 is 0 Å². The van der Waals surface area contributed by atoms with Crippen molar-refractivity contribution in [3.8, 4) is 0 Å². The van der Waals surface area contributed by atoms with E-state index in [-0.39, 0.29) is 17.7 Å².